The second-order valence-electron chi connectivity index (χ2n) is 4.80. The van der Waals surface area contributed by atoms with Crippen LogP contribution < -0.4 is 4.90 Å². The Morgan fingerprint density at radius 2 is 2.26 bits per heavy atom. The predicted octanol–water partition coefficient (Wildman–Crippen LogP) is 2.49. The number of phenolic OH excluding ortho intramolecular Hbond substituents is 1. The minimum Gasteiger partial charge on any atom is -0.506 e. The molecule has 0 fully saturated rings. The van der Waals surface area contributed by atoms with Crippen LogP contribution in [-0.4, -0.2) is 30.8 Å². The fourth-order valence-electron chi connectivity index (χ4n) is 2.42. The van der Waals surface area contributed by atoms with Crippen LogP contribution >= 0.6 is 0 Å². The molecule has 1 heterocycles. The van der Waals surface area contributed by atoms with Crippen molar-refractivity contribution >= 4 is 11.6 Å². The summed E-state index contributed by atoms with van der Waals surface area (Å²) in [6.07, 6.45) is 3.19. The molecule has 1 aromatic carbocycles. The normalized spacial score (nSPS) is 14.3. The number of ether oxygens (including phenoxy) is 1. The molecule has 0 unspecified atom stereocenters. The van der Waals surface area contributed by atoms with Crippen molar-refractivity contribution in [2.75, 3.05) is 24.7 Å². The summed E-state index contributed by atoms with van der Waals surface area (Å²) in [7, 11) is 0. The lowest BCUT2D eigenvalue weighted by Crippen LogP contribution is -2.36. The van der Waals surface area contributed by atoms with Gasteiger partial charge in [0, 0.05) is 13.2 Å². The average molecular weight is 263 g/mol. The highest BCUT2D eigenvalue weighted by Gasteiger charge is 2.24. The molecule has 0 aromatic heterocycles. The zero-order chi connectivity index (χ0) is 13.7. The number of hydrogen-bond acceptors (Lipinski definition) is 3. The smallest absolute Gasteiger partial charge is 0.229 e. The Hall–Kier alpha value is -1.55. The van der Waals surface area contributed by atoms with Crippen molar-refractivity contribution in [2.24, 2.45) is 0 Å². The summed E-state index contributed by atoms with van der Waals surface area (Å²) in [4.78, 5) is 13.9. The highest BCUT2D eigenvalue weighted by Crippen LogP contribution is 2.35. The van der Waals surface area contributed by atoms with Crippen LogP contribution in [0.1, 0.15) is 31.7 Å². The third kappa shape index (κ3) is 3.26. The monoisotopic (exact) mass is 263 g/mol. The summed E-state index contributed by atoms with van der Waals surface area (Å²) in [5, 5.41) is 9.96. The number of nitrogens with zero attached hydrogens (tertiary/aromatic N) is 1. The number of para-hydroxylation sites is 1. The number of carbonyl (C=O) groups is 1. The summed E-state index contributed by atoms with van der Waals surface area (Å²) in [5.41, 5.74) is 1.74. The fraction of sp³-hybridized carbons (Fsp3) is 0.533. The number of fused-ring (bicyclic) bond motifs is 1. The number of carbonyl (C=O) groups excluding carboxylic acids is 1. The lowest BCUT2D eigenvalue weighted by molar-refractivity contribution is -0.119. The molecule has 0 spiro atoms. The van der Waals surface area contributed by atoms with Crippen LogP contribution in [0.5, 0.6) is 5.75 Å². The first kappa shape index (κ1) is 13.9. The second-order valence-corrected chi connectivity index (χ2v) is 4.80. The van der Waals surface area contributed by atoms with E-state index in [1.165, 1.54) is 0 Å². The maximum absolute atomic E-state index is 12.2. The number of benzene rings is 1. The number of hydrogen-bond donors (Lipinski definition) is 1. The lowest BCUT2D eigenvalue weighted by atomic mass is 10.0. The van der Waals surface area contributed by atoms with Gasteiger partial charge >= 0.3 is 0 Å². The highest BCUT2D eigenvalue weighted by molar-refractivity contribution is 5.96. The van der Waals surface area contributed by atoms with Gasteiger partial charge in [0.25, 0.3) is 0 Å². The number of anilines is 1. The average Bonchev–Trinajstić information content (AvgIpc) is 2.43. The Morgan fingerprint density at radius 3 is 3.05 bits per heavy atom. The number of phenols is 1. The van der Waals surface area contributed by atoms with Gasteiger partial charge in [-0.25, -0.2) is 0 Å². The van der Waals surface area contributed by atoms with Gasteiger partial charge in [0.05, 0.1) is 18.7 Å². The largest absolute Gasteiger partial charge is 0.506 e. The van der Waals surface area contributed by atoms with Gasteiger partial charge in [0.1, 0.15) is 5.75 Å². The Bertz CT molecular complexity index is 445. The van der Waals surface area contributed by atoms with Crippen LogP contribution in [0.2, 0.25) is 0 Å². The summed E-state index contributed by atoms with van der Waals surface area (Å²) in [5.74, 6) is 0.221. The van der Waals surface area contributed by atoms with E-state index in [0.717, 1.165) is 24.8 Å². The van der Waals surface area contributed by atoms with Gasteiger partial charge in [0.15, 0.2) is 0 Å². The van der Waals surface area contributed by atoms with Crippen molar-refractivity contribution in [3.05, 3.63) is 23.8 Å². The molecule has 19 heavy (non-hydrogen) atoms. The molecular weight excluding hydrogens is 242 g/mol. The van der Waals surface area contributed by atoms with Crippen LogP contribution in [0.25, 0.3) is 0 Å². The van der Waals surface area contributed by atoms with Crippen molar-refractivity contribution in [3.63, 3.8) is 0 Å². The maximum Gasteiger partial charge on any atom is 0.229 e. The minimum absolute atomic E-state index is 0.0264. The van der Waals surface area contributed by atoms with Crippen molar-refractivity contribution in [1.29, 1.82) is 0 Å². The summed E-state index contributed by atoms with van der Waals surface area (Å²) in [6.45, 7) is 3.86. The molecule has 0 bridgehead atoms. The molecule has 1 aromatic rings. The summed E-state index contributed by atoms with van der Waals surface area (Å²) >= 11 is 0. The maximum atomic E-state index is 12.2. The third-order valence-electron chi connectivity index (χ3n) is 3.31. The van der Waals surface area contributed by atoms with Crippen molar-refractivity contribution < 1.29 is 14.6 Å². The Kier molecular flexibility index (Phi) is 4.80. The number of rotatable bonds is 5. The molecule has 1 amide bonds. The van der Waals surface area contributed by atoms with Crippen molar-refractivity contribution in [2.45, 2.75) is 32.6 Å². The molecule has 104 valence electrons. The van der Waals surface area contributed by atoms with Gasteiger partial charge in [-0.2, -0.15) is 0 Å². The molecule has 0 aliphatic carbocycles. The van der Waals surface area contributed by atoms with Crippen LogP contribution in [0.15, 0.2) is 18.2 Å². The lowest BCUT2D eigenvalue weighted by Gasteiger charge is -2.30. The molecule has 1 aliphatic heterocycles. The molecule has 4 nitrogen and oxygen atoms in total. The SMILES string of the molecule is CCCOCCC(=O)N1CCCc2cccc(O)c21. The van der Waals surface area contributed by atoms with E-state index in [2.05, 4.69) is 0 Å². The van der Waals surface area contributed by atoms with E-state index >= 15 is 0 Å². The molecule has 0 saturated heterocycles. The van der Waals surface area contributed by atoms with Crippen molar-refractivity contribution in [1.82, 2.24) is 0 Å². The van der Waals surface area contributed by atoms with Crippen LogP contribution in [-0.2, 0) is 16.0 Å². The van der Waals surface area contributed by atoms with Gasteiger partial charge in [-0.3, -0.25) is 4.79 Å². The molecular formula is C15H21NO3. The predicted molar refractivity (Wildman–Crippen MR) is 74.5 cm³/mol. The summed E-state index contributed by atoms with van der Waals surface area (Å²) < 4.78 is 5.35. The highest BCUT2D eigenvalue weighted by atomic mass is 16.5. The zero-order valence-corrected chi connectivity index (χ0v) is 11.4. The Labute approximate surface area is 114 Å². The first-order chi connectivity index (χ1) is 9.24. The minimum atomic E-state index is 0.0264. The summed E-state index contributed by atoms with van der Waals surface area (Å²) in [6, 6.07) is 5.44. The van der Waals surface area contributed by atoms with Crippen LogP contribution in [0, 0.1) is 0 Å². The zero-order valence-electron chi connectivity index (χ0n) is 11.4. The van der Waals surface area contributed by atoms with E-state index in [-0.39, 0.29) is 11.7 Å². The second kappa shape index (κ2) is 6.57. The van der Waals surface area contributed by atoms with Crippen LogP contribution in [0.3, 0.4) is 0 Å². The molecule has 0 radical (unpaired) electrons. The van der Waals surface area contributed by atoms with Gasteiger partial charge in [-0.1, -0.05) is 19.1 Å². The van der Waals surface area contributed by atoms with Crippen LogP contribution in [0.4, 0.5) is 5.69 Å². The molecule has 1 N–H and O–H groups in total. The molecule has 0 atom stereocenters. The van der Waals surface area contributed by atoms with E-state index in [9.17, 15) is 9.90 Å². The Balaban J connectivity index is 2.04. The van der Waals surface area contributed by atoms with Gasteiger partial charge in [-0.15, -0.1) is 0 Å². The molecule has 1 aliphatic rings. The first-order valence-corrected chi connectivity index (χ1v) is 6.93. The molecule has 4 heteroatoms. The molecule has 2 rings (SSSR count). The van der Waals surface area contributed by atoms with Gasteiger partial charge < -0.3 is 14.7 Å². The van der Waals surface area contributed by atoms with E-state index in [1.807, 2.05) is 19.1 Å². The van der Waals surface area contributed by atoms with E-state index in [0.29, 0.717) is 31.9 Å². The van der Waals surface area contributed by atoms with E-state index in [4.69, 9.17) is 4.74 Å². The number of aryl methyl sites for hydroxylation is 1. The quantitative estimate of drug-likeness (QED) is 0.830. The third-order valence-corrected chi connectivity index (χ3v) is 3.31. The van der Waals surface area contributed by atoms with Crippen molar-refractivity contribution in [3.8, 4) is 5.75 Å². The number of amides is 1. The van der Waals surface area contributed by atoms with E-state index in [1.54, 1.807) is 11.0 Å². The van der Waals surface area contributed by atoms with Gasteiger partial charge in [-0.05, 0) is 30.9 Å². The van der Waals surface area contributed by atoms with Gasteiger partial charge in [0.2, 0.25) is 5.91 Å². The number of aromatic hydroxyl groups is 1. The van der Waals surface area contributed by atoms with E-state index < -0.39 is 0 Å². The molecule has 0 saturated carbocycles. The first-order valence-electron chi connectivity index (χ1n) is 6.93. The topological polar surface area (TPSA) is 49.8 Å². The fourth-order valence-corrected chi connectivity index (χ4v) is 2.42. The Morgan fingerprint density at radius 1 is 1.42 bits per heavy atom. The standard InChI is InChI=1S/C15H21NO3/c1-2-10-19-11-8-14(18)16-9-4-6-12-5-3-7-13(17)15(12)16/h3,5,7,17H,2,4,6,8-11H2,1H3.